The van der Waals surface area contributed by atoms with Crippen molar-refractivity contribution in [3.8, 4) is 0 Å². The molecule has 1 amide bonds. The largest absolute Gasteiger partial charge is 0.503 e. The summed E-state index contributed by atoms with van der Waals surface area (Å²) in [7, 11) is 3.90. The molecule has 0 spiro atoms. The van der Waals surface area contributed by atoms with E-state index in [1.165, 1.54) is 23.3 Å². The van der Waals surface area contributed by atoms with Crippen molar-refractivity contribution in [3.63, 3.8) is 0 Å². The number of nitrogens with zero attached hydrogens (tertiary/aromatic N) is 2. The molecule has 152 valence electrons. The number of carbonyl (C=O) groups is 2. The fourth-order valence-electron chi connectivity index (χ4n) is 3.35. The molecule has 2 heterocycles. The zero-order valence-corrected chi connectivity index (χ0v) is 17.1. The average Bonchev–Trinajstić information content (AvgIpc) is 3.28. The summed E-state index contributed by atoms with van der Waals surface area (Å²) in [6, 6.07) is 9.71. The number of carbonyl (C=O) groups excluding carboxylic acids is 2. The van der Waals surface area contributed by atoms with Gasteiger partial charge in [-0.15, -0.1) is 0 Å². The molecule has 1 atom stereocenters. The maximum atomic E-state index is 12.9. The molecule has 6 nitrogen and oxygen atoms in total. The number of amides is 1. The Balaban J connectivity index is 1.94. The molecule has 0 radical (unpaired) electrons. The van der Waals surface area contributed by atoms with Gasteiger partial charge in [-0.25, -0.2) is 0 Å². The van der Waals surface area contributed by atoms with Gasteiger partial charge in [-0.2, -0.15) is 0 Å². The van der Waals surface area contributed by atoms with Crippen LogP contribution in [-0.4, -0.2) is 53.8 Å². The van der Waals surface area contributed by atoms with Gasteiger partial charge in [0.1, 0.15) is 5.76 Å². The number of rotatable bonds is 8. The fraction of sp³-hybridized carbons (Fsp3) is 0.273. The van der Waals surface area contributed by atoms with Gasteiger partial charge in [0.2, 0.25) is 0 Å². The number of halogens is 1. The highest BCUT2D eigenvalue weighted by Gasteiger charge is 2.42. The summed E-state index contributed by atoms with van der Waals surface area (Å²) in [5.74, 6) is -1.02. The smallest absolute Gasteiger partial charge is 0.290 e. The van der Waals surface area contributed by atoms with Gasteiger partial charge in [-0.3, -0.25) is 9.59 Å². The molecule has 0 saturated heterocycles. The molecule has 0 saturated carbocycles. The van der Waals surface area contributed by atoms with Crippen molar-refractivity contribution in [2.24, 2.45) is 0 Å². The van der Waals surface area contributed by atoms with Gasteiger partial charge in [-0.1, -0.05) is 23.7 Å². The van der Waals surface area contributed by atoms with E-state index in [2.05, 4.69) is 0 Å². The number of benzene rings is 1. The van der Waals surface area contributed by atoms with E-state index < -0.39 is 23.5 Å². The van der Waals surface area contributed by atoms with Crippen molar-refractivity contribution in [1.29, 1.82) is 0 Å². The number of hydrogen-bond donors (Lipinski definition) is 1. The van der Waals surface area contributed by atoms with Gasteiger partial charge < -0.3 is 19.3 Å². The molecule has 2 aromatic rings. The van der Waals surface area contributed by atoms with E-state index in [1.807, 2.05) is 19.0 Å². The van der Waals surface area contributed by atoms with Crippen molar-refractivity contribution in [1.82, 2.24) is 9.80 Å². The Morgan fingerprint density at radius 2 is 2.10 bits per heavy atom. The highest BCUT2D eigenvalue weighted by atomic mass is 35.5. The number of allylic oxidation sites excluding steroid dienone is 1. The predicted octanol–water partition coefficient (Wildman–Crippen LogP) is 3.86. The summed E-state index contributed by atoms with van der Waals surface area (Å²) in [5, 5.41) is 11.0. The lowest BCUT2D eigenvalue weighted by Crippen LogP contribution is -2.33. The fourth-order valence-corrected chi connectivity index (χ4v) is 3.55. The van der Waals surface area contributed by atoms with Crippen LogP contribution < -0.4 is 0 Å². The molecule has 0 bridgehead atoms. The van der Waals surface area contributed by atoms with Crippen molar-refractivity contribution >= 4 is 29.4 Å². The van der Waals surface area contributed by atoms with E-state index in [4.69, 9.17) is 16.0 Å². The summed E-state index contributed by atoms with van der Waals surface area (Å²) in [6.07, 6.45) is 5.02. The summed E-state index contributed by atoms with van der Waals surface area (Å²) in [4.78, 5) is 29.2. The van der Waals surface area contributed by atoms with Gasteiger partial charge in [0, 0.05) is 11.6 Å². The SMILES string of the molecule is CN(C)CCCN1C(=O)C(O)=C(C(=O)C=Cc2ccco2)C1c1cccc(Cl)c1. The standard InChI is InChI=1S/C22H23ClN2O4/c1-24(2)11-5-12-25-20(15-6-3-7-16(23)14-15)19(21(27)22(25)28)18(26)10-9-17-8-4-13-29-17/h3-4,6-10,13-14,20,27H,5,11-12H2,1-2H3. The summed E-state index contributed by atoms with van der Waals surface area (Å²) in [6.45, 7) is 1.17. The Bertz CT molecular complexity index is 947. The molecule has 0 aliphatic carbocycles. The van der Waals surface area contributed by atoms with Crippen molar-refractivity contribution in [2.75, 3.05) is 27.2 Å². The number of aliphatic hydroxyl groups excluding tert-OH is 1. The lowest BCUT2D eigenvalue weighted by atomic mass is 9.95. The third-order valence-electron chi connectivity index (χ3n) is 4.68. The van der Waals surface area contributed by atoms with Gasteiger partial charge in [0.25, 0.3) is 5.91 Å². The lowest BCUT2D eigenvalue weighted by Gasteiger charge is -2.27. The lowest BCUT2D eigenvalue weighted by molar-refractivity contribution is -0.129. The van der Waals surface area contributed by atoms with Crippen LogP contribution in [0, 0.1) is 0 Å². The molecule has 1 aliphatic heterocycles. The van der Waals surface area contributed by atoms with Crippen LogP contribution >= 0.6 is 11.6 Å². The minimum Gasteiger partial charge on any atom is -0.503 e. The maximum Gasteiger partial charge on any atom is 0.290 e. The third-order valence-corrected chi connectivity index (χ3v) is 4.92. The van der Waals surface area contributed by atoms with Crippen LogP contribution in [0.4, 0.5) is 0 Å². The van der Waals surface area contributed by atoms with Crippen LogP contribution in [0.15, 0.2) is 64.5 Å². The highest BCUT2D eigenvalue weighted by Crippen LogP contribution is 2.38. The second kappa shape index (κ2) is 9.11. The number of ketones is 1. The van der Waals surface area contributed by atoms with Crippen molar-refractivity contribution in [2.45, 2.75) is 12.5 Å². The molecule has 0 fully saturated rings. The van der Waals surface area contributed by atoms with Crippen LogP contribution in [0.2, 0.25) is 5.02 Å². The normalized spacial score (nSPS) is 17.2. The Labute approximate surface area is 174 Å². The number of furan rings is 1. The second-order valence-corrected chi connectivity index (χ2v) is 7.52. The molecule has 7 heteroatoms. The number of hydrogen-bond acceptors (Lipinski definition) is 5. The highest BCUT2D eigenvalue weighted by molar-refractivity contribution is 6.30. The zero-order chi connectivity index (χ0) is 21.0. The first-order valence-corrected chi connectivity index (χ1v) is 9.66. The van der Waals surface area contributed by atoms with Crippen molar-refractivity contribution < 1.29 is 19.1 Å². The number of aliphatic hydroxyl groups is 1. The van der Waals surface area contributed by atoms with Crippen LogP contribution in [0.3, 0.4) is 0 Å². The molecule has 29 heavy (non-hydrogen) atoms. The van der Waals surface area contributed by atoms with Gasteiger partial charge in [0.05, 0.1) is 17.9 Å². The molecule has 1 aliphatic rings. The first-order valence-electron chi connectivity index (χ1n) is 9.28. The van der Waals surface area contributed by atoms with Gasteiger partial charge >= 0.3 is 0 Å². The first kappa shape index (κ1) is 20.9. The molecule has 1 N–H and O–H groups in total. The quantitative estimate of drug-likeness (QED) is 0.664. The Hall–Kier alpha value is -2.83. The minimum atomic E-state index is -0.697. The van der Waals surface area contributed by atoms with Gasteiger partial charge in [0.15, 0.2) is 11.5 Å². The van der Waals surface area contributed by atoms with Crippen molar-refractivity contribution in [3.05, 3.63) is 76.4 Å². The minimum absolute atomic E-state index is 0.0462. The van der Waals surface area contributed by atoms with E-state index in [0.29, 0.717) is 29.3 Å². The van der Waals surface area contributed by atoms with Gasteiger partial charge in [-0.05, 0) is 69.0 Å². The maximum absolute atomic E-state index is 12.9. The molecule has 1 unspecified atom stereocenters. The average molecular weight is 415 g/mol. The van der Waals surface area contributed by atoms with Crippen LogP contribution in [-0.2, 0) is 9.59 Å². The first-order chi connectivity index (χ1) is 13.9. The molecule has 3 rings (SSSR count). The Morgan fingerprint density at radius 3 is 2.76 bits per heavy atom. The monoisotopic (exact) mass is 414 g/mol. The summed E-state index contributed by atoms with van der Waals surface area (Å²) >= 11 is 6.15. The van der Waals surface area contributed by atoms with E-state index in [9.17, 15) is 14.7 Å². The third kappa shape index (κ3) is 4.78. The summed E-state index contributed by atoms with van der Waals surface area (Å²) < 4.78 is 5.20. The molecular formula is C22H23ClN2O4. The Kier molecular flexibility index (Phi) is 6.56. The molecule has 1 aromatic carbocycles. The Morgan fingerprint density at radius 1 is 1.31 bits per heavy atom. The van der Waals surface area contributed by atoms with E-state index in [0.717, 1.165) is 6.54 Å². The van der Waals surface area contributed by atoms with E-state index >= 15 is 0 Å². The molecule has 1 aromatic heterocycles. The van der Waals surface area contributed by atoms with Crippen LogP contribution in [0.25, 0.3) is 6.08 Å². The predicted molar refractivity (Wildman–Crippen MR) is 111 cm³/mol. The van der Waals surface area contributed by atoms with Crippen LogP contribution in [0.5, 0.6) is 0 Å². The zero-order valence-electron chi connectivity index (χ0n) is 16.3. The summed E-state index contributed by atoms with van der Waals surface area (Å²) in [5.41, 5.74) is 0.722. The molecular weight excluding hydrogens is 392 g/mol. The van der Waals surface area contributed by atoms with E-state index in [-0.39, 0.29) is 5.57 Å². The van der Waals surface area contributed by atoms with Crippen LogP contribution in [0.1, 0.15) is 23.8 Å². The second-order valence-electron chi connectivity index (χ2n) is 7.09. The topological polar surface area (TPSA) is 74.0 Å². The van der Waals surface area contributed by atoms with E-state index in [1.54, 1.807) is 36.4 Å².